The predicted octanol–water partition coefficient (Wildman–Crippen LogP) is 2.55. The number of carbonyl (C=O) groups excluding carboxylic acids is 2. The Balaban J connectivity index is 2.08. The summed E-state index contributed by atoms with van der Waals surface area (Å²) in [6.07, 6.45) is 2.38. The molecule has 2 aliphatic carbocycles. The fourth-order valence-corrected chi connectivity index (χ4v) is 3.91. The predicted molar refractivity (Wildman–Crippen MR) is 70.3 cm³/mol. The minimum absolute atomic E-state index is 0.000424. The summed E-state index contributed by atoms with van der Waals surface area (Å²) in [6.45, 7) is 7.53. The minimum Gasteiger partial charge on any atom is -0.462 e. The van der Waals surface area contributed by atoms with Gasteiger partial charge < -0.3 is 9.47 Å². The Bertz CT molecular complexity index is 365. The zero-order chi connectivity index (χ0) is 14.2. The highest BCUT2D eigenvalue weighted by atomic mass is 16.6. The first-order chi connectivity index (χ1) is 8.93. The molecule has 4 nitrogen and oxygen atoms in total. The van der Waals surface area contributed by atoms with Crippen molar-refractivity contribution in [2.45, 2.75) is 59.2 Å². The molecule has 0 heterocycles. The van der Waals surface area contributed by atoms with Gasteiger partial charge in [0.25, 0.3) is 0 Å². The van der Waals surface area contributed by atoms with Gasteiger partial charge in [-0.05, 0) is 24.7 Å². The lowest BCUT2D eigenvalue weighted by atomic mass is 9.97. The molecule has 0 aliphatic heterocycles. The van der Waals surface area contributed by atoms with E-state index in [0.29, 0.717) is 30.1 Å². The Hall–Kier alpha value is -1.06. The van der Waals surface area contributed by atoms with Crippen molar-refractivity contribution in [1.82, 2.24) is 0 Å². The van der Waals surface area contributed by atoms with Crippen LogP contribution in [0.1, 0.15) is 47.0 Å². The van der Waals surface area contributed by atoms with Crippen LogP contribution in [0.2, 0.25) is 0 Å². The quantitative estimate of drug-likeness (QED) is 0.738. The number of hydrogen-bond donors (Lipinski definition) is 0. The number of hydrogen-bond acceptors (Lipinski definition) is 4. The average Bonchev–Trinajstić information content (AvgIpc) is 2.78. The Morgan fingerprint density at radius 1 is 1.00 bits per heavy atom. The summed E-state index contributed by atoms with van der Waals surface area (Å²) >= 11 is 0. The van der Waals surface area contributed by atoms with E-state index in [4.69, 9.17) is 9.47 Å². The topological polar surface area (TPSA) is 52.6 Å². The first-order valence-electron chi connectivity index (χ1n) is 7.30. The van der Waals surface area contributed by atoms with Gasteiger partial charge in [0.15, 0.2) is 0 Å². The SMILES string of the molecule is CCC(=O)O[C@H]1C(C)CC2C1CC(C)[C@H]2OC(C)=O. The van der Waals surface area contributed by atoms with E-state index in [-0.39, 0.29) is 24.1 Å². The number of rotatable bonds is 3. The van der Waals surface area contributed by atoms with Gasteiger partial charge in [0.2, 0.25) is 0 Å². The summed E-state index contributed by atoms with van der Waals surface area (Å²) in [5, 5.41) is 0. The standard InChI is InChI=1S/C15H24O4/c1-5-13(17)19-15-9(3)7-11-12(15)6-8(2)14(11)18-10(4)16/h8-9,11-12,14-15H,5-7H2,1-4H3/t8?,9?,11?,12?,14-,15+/m1/s1. The van der Waals surface area contributed by atoms with Gasteiger partial charge in [-0.25, -0.2) is 0 Å². The molecule has 19 heavy (non-hydrogen) atoms. The molecule has 4 heteroatoms. The smallest absolute Gasteiger partial charge is 0.305 e. The summed E-state index contributed by atoms with van der Waals surface area (Å²) in [5.41, 5.74) is 0. The molecule has 0 aromatic heterocycles. The van der Waals surface area contributed by atoms with Crippen molar-refractivity contribution in [3.63, 3.8) is 0 Å². The highest BCUT2D eigenvalue weighted by Crippen LogP contribution is 2.51. The average molecular weight is 268 g/mol. The highest BCUT2D eigenvalue weighted by Gasteiger charge is 2.54. The second-order valence-corrected chi connectivity index (χ2v) is 6.14. The van der Waals surface area contributed by atoms with Gasteiger partial charge in [-0.3, -0.25) is 9.59 Å². The monoisotopic (exact) mass is 268 g/mol. The van der Waals surface area contributed by atoms with Gasteiger partial charge in [-0.2, -0.15) is 0 Å². The maximum Gasteiger partial charge on any atom is 0.305 e. The number of carbonyl (C=O) groups is 2. The molecule has 0 spiro atoms. The summed E-state index contributed by atoms with van der Waals surface area (Å²) in [7, 11) is 0. The zero-order valence-electron chi connectivity index (χ0n) is 12.2. The molecule has 108 valence electrons. The molecule has 0 amide bonds. The van der Waals surface area contributed by atoms with Crippen molar-refractivity contribution in [3.05, 3.63) is 0 Å². The zero-order valence-corrected chi connectivity index (χ0v) is 12.2. The Morgan fingerprint density at radius 3 is 1.89 bits per heavy atom. The van der Waals surface area contributed by atoms with E-state index < -0.39 is 0 Å². The van der Waals surface area contributed by atoms with Crippen LogP contribution in [0.15, 0.2) is 0 Å². The summed E-state index contributed by atoms with van der Waals surface area (Å²) in [6, 6.07) is 0. The number of esters is 2. The fraction of sp³-hybridized carbons (Fsp3) is 0.867. The summed E-state index contributed by atoms with van der Waals surface area (Å²) < 4.78 is 11.1. The Labute approximate surface area is 114 Å². The lowest BCUT2D eigenvalue weighted by Gasteiger charge is -2.22. The summed E-state index contributed by atoms with van der Waals surface area (Å²) in [5.74, 6) is 1.08. The summed E-state index contributed by atoms with van der Waals surface area (Å²) in [4.78, 5) is 22.7. The van der Waals surface area contributed by atoms with Gasteiger partial charge in [-0.1, -0.05) is 20.8 Å². The van der Waals surface area contributed by atoms with Crippen molar-refractivity contribution in [2.24, 2.45) is 23.7 Å². The highest BCUT2D eigenvalue weighted by molar-refractivity contribution is 5.69. The van der Waals surface area contributed by atoms with Crippen molar-refractivity contribution >= 4 is 11.9 Å². The second kappa shape index (κ2) is 5.51. The molecule has 2 fully saturated rings. The first kappa shape index (κ1) is 14.4. The normalized spacial score (nSPS) is 40.8. The largest absolute Gasteiger partial charge is 0.462 e. The van der Waals surface area contributed by atoms with Crippen LogP contribution < -0.4 is 0 Å². The van der Waals surface area contributed by atoms with Gasteiger partial charge in [0, 0.05) is 25.2 Å². The molecule has 0 saturated heterocycles. The molecule has 2 rings (SSSR count). The lowest BCUT2D eigenvalue weighted by Crippen LogP contribution is -2.28. The molecule has 0 aromatic rings. The van der Waals surface area contributed by atoms with Crippen LogP contribution in [0.4, 0.5) is 0 Å². The molecule has 6 atom stereocenters. The molecule has 0 bridgehead atoms. The van der Waals surface area contributed by atoms with Crippen molar-refractivity contribution in [2.75, 3.05) is 0 Å². The molecule has 4 unspecified atom stereocenters. The van der Waals surface area contributed by atoms with E-state index >= 15 is 0 Å². The number of fused-ring (bicyclic) bond motifs is 1. The second-order valence-electron chi connectivity index (χ2n) is 6.14. The van der Waals surface area contributed by atoms with E-state index in [9.17, 15) is 9.59 Å². The molecule has 0 aromatic carbocycles. The first-order valence-corrected chi connectivity index (χ1v) is 7.30. The number of ether oxygens (including phenoxy) is 2. The van der Waals surface area contributed by atoms with E-state index in [1.165, 1.54) is 6.92 Å². The van der Waals surface area contributed by atoms with Crippen molar-refractivity contribution < 1.29 is 19.1 Å². The van der Waals surface area contributed by atoms with Crippen LogP contribution in [0.3, 0.4) is 0 Å². The molecule has 0 N–H and O–H groups in total. The molecular formula is C15H24O4. The van der Waals surface area contributed by atoms with Crippen LogP contribution >= 0.6 is 0 Å². The van der Waals surface area contributed by atoms with E-state index in [1.807, 2.05) is 6.92 Å². The van der Waals surface area contributed by atoms with Gasteiger partial charge in [0.05, 0.1) is 0 Å². The van der Waals surface area contributed by atoms with E-state index in [1.54, 1.807) is 0 Å². The minimum atomic E-state index is -0.209. The van der Waals surface area contributed by atoms with Gasteiger partial charge >= 0.3 is 11.9 Å². The molecular weight excluding hydrogens is 244 g/mol. The Morgan fingerprint density at radius 2 is 1.47 bits per heavy atom. The van der Waals surface area contributed by atoms with Crippen molar-refractivity contribution in [3.8, 4) is 0 Å². The Kier molecular flexibility index (Phi) is 4.16. The maximum atomic E-state index is 11.5. The van der Waals surface area contributed by atoms with Crippen LogP contribution in [0.5, 0.6) is 0 Å². The van der Waals surface area contributed by atoms with Gasteiger partial charge in [0.1, 0.15) is 12.2 Å². The fourth-order valence-electron chi connectivity index (χ4n) is 3.91. The third kappa shape index (κ3) is 2.77. The maximum absolute atomic E-state index is 11.5. The van der Waals surface area contributed by atoms with Crippen molar-refractivity contribution in [1.29, 1.82) is 0 Å². The molecule has 0 radical (unpaired) electrons. The molecule has 2 aliphatic rings. The lowest BCUT2D eigenvalue weighted by molar-refractivity contribution is -0.153. The third-order valence-corrected chi connectivity index (χ3v) is 4.66. The van der Waals surface area contributed by atoms with Crippen LogP contribution in [0.25, 0.3) is 0 Å². The third-order valence-electron chi connectivity index (χ3n) is 4.66. The van der Waals surface area contributed by atoms with E-state index in [2.05, 4.69) is 13.8 Å². The van der Waals surface area contributed by atoms with E-state index in [0.717, 1.165) is 12.8 Å². The van der Waals surface area contributed by atoms with Gasteiger partial charge in [-0.15, -0.1) is 0 Å². The van der Waals surface area contributed by atoms with Crippen LogP contribution in [-0.2, 0) is 19.1 Å². The molecule has 2 saturated carbocycles. The van der Waals surface area contributed by atoms with Crippen LogP contribution in [-0.4, -0.2) is 24.1 Å². The van der Waals surface area contributed by atoms with Crippen LogP contribution in [0, 0.1) is 23.7 Å².